The normalized spacial score (nSPS) is 17.7. The first kappa shape index (κ1) is 20.0. The zero-order chi connectivity index (χ0) is 13.8. The third-order valence-corrected chi connectivity index (χ3v) is 2.99. The van der Waals surface area contributed by atoms with Gasteiger partial charge in [-0.15, -0.1) is 24.8 Å². The Balaban J connectivity index is 0.00000200. The lowest BCUT2D eigenvalue weighted by atomic mass is 10.2. The molecule has 7 heteroatoms. The molecule has 2 rings (SSSR count). The Morgan fingerprint density at radius 3 is 2.81 bits per heavy atom. The average Bonchev–Trinajstić information content (AvgIpc) is 2.38. The Bertz CT molecular complexity index is 458. The van der Waals surface area contributed by atoms with Crippen LogP contribution in [0.5, 0.6) is 5.75 Å². The molecule has 21 heavy (non-hydrogen) atoms. The maximum Gasteiger partial charge on any atom is 0.276 e. The van der Waals surface area contributed by atoms with Crippen LogP contribution in [0, 0.1) is 0 Å². The van der Waals surface area contributed by atoms with Crippen LogP contribution in [0.1, 0.15) is 31.3 Å². The van der Waals surface area contributed by atoms with Gasteiger partial charge in [-0.05, 0) is 32.9 Å². The van der Waals surface area contributed by atoms with Gasteiger partial charge in [0.1, 0.15) is 0 Å². The Morgan fingerprint density at radius 1 is 1.48 bits per heavy atom. The van der Waals surface area contributed by atoms with Gasteiger partial charge in [0.15, 0.2) is 11.4 Å². The van der Waals surface area contributed by atoms with Crippen molar-refractivity contribution in [2.24, 2.45) is 0 Å². The molecule has 2 heterocycles. The monoisotopic (exact) mass is 335 g/mol. The number of nitrogens with zero attached hydrogens (tertiary/aromatic N) is 2. The molecule has 0 aromatic carbocycles. The van der Waals surface area contributed by atoms with Crippen LogP contribution in [-0.2, 0) is 0 Å². The fourth-order valence-electron chi connectivity index (χ4n) is 2.17. The fourth-order valence-corrected chi connectivity index (χ4v) is 2.17. The third kappa shape index (κ3) is 5.34. The predicted molar refractivity (Wildman–Crippen MR) is 87.9 cm³/mol. The largest absolute Gasteiger partial charge is 0.489 e. The van der Waals surface area contributed by atoms with Crippen LogP contribution in [0.25, 0.3) is 0 Å². The number of piperazine rings is 1. The Morgan fingerprint density at radius 2 is 2.19 bits per heavy atom. The number of rotatable bonds is 3. The SMILES string of the molecule is CC1CN(C(=O)c2ncccc2OC(C)C)CCN1.Cl.Cl. The maximum absolute atomic E-state index is 12.5. The molecule has 0 aliphatic carbocycles. The summed E-state index contributed by atoms with van der Waals surface area (Å²) in [5, 5.41) is 3.32. The van der Waals surface area contributed by atoms with Gasteiger partial charge < -0.3 is 15.0 Å². The molecule has 0 saturated carbocycles. The molecule has 1 fully saturated rings. The summed E-state index contributed by atoms with van der Waals surface area (Å²) in [6.45, 7) is 8.18. The van der Waals surface area contributed by atoms with Gasteiger partial charge in [-0.3, -0.25) is 4.79 Å². The van der Waals surface area contributed by atoms with Crippen molar-refractivity contribution in [2.45, 2.75) is 32.9 Å². The Kier molecular flexibility index (Phi) is 8.63. The summed E-state index contributed by atoms with van der Waals surface area (Å²) in [7, 11) is 0. The maximum atomic E-state index is 12.5. The summed E-state index contributed by atoms with van der Waals surface area (Å²) >= 11 is 0. The van der Waals surface area contributed by atoms with E-state index in [-0.39, 0.29) is 36.8 Å². The molecule has 1 saturated heterocycles. The smallest absolute Gasteiger partial charge is 0.276 e. The summed E-state index contributed by atoms with van der Waals surface area (Å²) in [6, 6.07) is 3.90. The molecule has 1 aliphatic heterocycles. The van der Waals surface area contributed by atoms with E-state index in [9.17, 15) is 4.79 Å². The van der Waals surface area contributed by atoms with Gasteiger partial charge in [-0.25, -0.2) is 4.98 Å². The zero-order valence-corrected chi connectivity index (χ0v) is 14.2. The van der Waals surface area contributed by atoms with E-state index in [1.807, 2.05) is 18.7 Å². The standard InChI is InChI=1S/C14H21N3O2.2ClH/c1-10(2)19-12-5-4-6-16-13(12)14(18)17-8-7-15-11(3)9-17;;/h4-6,10-11,15H,7-9H2,1-3H3;2*1H. The third-order valence-electron chi connectivity index (χ3n) is 2.99. The molecule has 1 unspecified atom stereocenters. The van der Waals surface area contributed by atoms with Gasteiger partial charge in [-0.2, -0.15) is 0 Å². The van der Waals surface area contributed by atoms with E-state index in [0.29, 0.717) is 30.6 Å². The topological polar surface area (TPSA) is 54.5 Å². The number of nitrogens with one attached hydrogen (secondary N) is 1. The van der Waals surface area contributed by atoms with Crippen molar-refractivity contribution in [3.8, 4) is 5.75 Å². The summed E-state index contributed by atoms with van der Waals surface area (Å²) in [4.78, 5) is 18.5. The lowest BCUT2D eigenvalue weighted by molar-refractivity contribution is 0.0696. The summed E-state index contributed by atoms with van der Waals surface area (Å²) in [6.07, 6.45) is 1.66. The summed E-state index contributed by atoms with van der Waals surface area (Å²) in [5.74, 6) is 0.512. The molecule has 1 N–H and O–H groups in total. The van der Waals surface area contributed by atoms with Crippen LogP contribution in [0.3, 0.4) is 0 Å². The first-order valence-electron chi connectivity index (χ1n) is 6.72. The van der Waals surface area contributed by atoms with E-state index in [0.717, 1.165) is 6.54 Å². The van der Waals surface area contributed by atoms with Crippen molar-refractivity contribution < 1.29 is 9.53 Å². The molecule has 1 aromatic heterocycles. The highest BCUT2D eigenvalue weighted by Crippen LogP contribution is 2.19. The molecule has 0 radical (unpaired) electrons. The fraction of sp³-hybridized carbons (Fsp3) is 0.571. The van der Waals surface area contributed by atoms with Crippen LogP contribution >= 0.6 is 24.8 Å². The number of pyridine rings is 1. The molecule has 5 nitrogen and oxygen atoms in total. The van der Waals surface area contributed by atoms with E-state index in [2.05, 4.69) is 17.2 Å². The number of carbonyl (C=O) groups excluding carboxylic acids is 1. The highest BCUT2D eigenvalue weighted by atomic mass is 35.5. The van der Waals surface area contributed by atoms with Crippen molar-refractivity contribution in [1.29, 1.82) is 0 Å². The van der Waals surface area contributed by atoms with Crippen LogP contribution in [0.2, 0.25) is 0 Å². The number of halogens is 2. The van der Waals surface area contributed by atoms with Crippen molar-refractivity contribution in [3.05, 3.63) is 24.0 Å². The first-order chi connectivity index (χ1) is 9.08. The van der Waals surface area contributed by atoms with Crippen LogP contribution in [0.4, 0.5) is 0 Å². The van der Waals surface area contributed by atoms with Gasteiger partial charge in [0.25, 0.3) is 5.91 Å². The van der Waals surface area contributed by atoms with Gasteiger partial charge in [-0.1, -0.05) is 0 Å². The van der Waals surface area contributed by atoms with E-state index in [1.54, 1.807) is 18.3 Å². The Hall–Kier alpha value is -1.04. The van der Waals surface area contributed by atoms with Gasteiger partial charge >= 0.3 is 0 Å². The zero-order valence-electron chi connectivity index (χ0n) is 12.5. The molecular formula is C14H23Cl2N3O2. The number of ether oxygens (including phenoxy) is 1. The van der Waals surface area contributed by atoms with Crippen molar-refractivity contribution >= 4 is 30.7 Å². The second-order valence-corrected chi connectivity index (χ2v) is 5.12. The van der Waals surface area contributed by atoms with Crippen molar-refractivity contribution in [1.82, 2.24) is 15.2 Å². The molecule has 1 amide bonds. The van der Waals surface area contributed by atoms with Crippen LogP contribution in [-0.4, -0.2) is 47.6 Å². The molecule has 1 aliphatic rings. The summed E-state index contributed by atoms with van der Waals surface area (Å²) < 4.78 is 5.66. The van der Waals surface area contributed by atoms with Crippen LogP contribution < -0.4 is 10.1 Å². The molecule has 0 bridgehead atoms. The minimum absolute atomic E-state index is 0. The van der Waals surface area contributed by atoms with Gasteiger partial charge in [0, 0.05) is 31.9 Å². The number of carbonyl (C=O) groups is 1. The number of amides is 1. The highest BCUT2D eigenvalue weighted by Gasteiger charge is 2.25. The quantitative estimate of drug-likeness (QED) is 0.919. The van der Waals surface area contributed by atoms with E-state index < -0.39 is 0 Å². The van der Waals surface area contributed by atoms with E-state index >= 15 is 0 Å². The molecule has 120 valence electrons. The second-order valence-electron chi connectivity index (χ2n) is 5.12. The molecule has 0 spiro atoms. The average molecular weight is 336 g/mol. The number of hydrogen-bond donors (Lipinski definition) is 1. The molecule has 1 atom stereocenters. The predicted octanol–water partition coefficient (Wildman–Crippen LogP) is 2.15. The lowest BCUT2D eigenvalue weighted by Crippen LogP contribution is -2.51. The van der Waals surface area contributed by atoms with Crippen molar-refractivity contribution in [3.63, 3.8) is 0 Å². The minimum Gasteiger partial charge on any atom is -0.489 e. The van der Waals surface area contributed by atoms with Gasteiger partial charge in [0.05, 0.1) is 6.10 Å². The van der Waals surface area contributed by atoms with E-state index in [4.69, 9.17) is 4.74 Å². The Labute approximate surface area is 138 Å². The lowest BCUT2D eigenvalue weighted by Gasteiger charge is -2.32. The second kappa shape index (κ2) is 9.07. The first-order valence-corrected chi connectivity index (χ1v) is 6.72. The van der Waals surface area contributed by atoms with E-state index in [1.165, 1.54) is 0 Å². The van der Waals surface area contributed by atoms with Crippen LogP contribution in [0.15, 0.2) is 18.3 Å². The molecular weight excluding hydrogens is 313 g/mol. The minimum atomic E-state index is -0.0513. The van der Waals surface area contributed by atoms with Crippen molar-refractivity contribution in [2.75, 3.05) is 19.6 Å². The summed E-state index contributed by atoms with van der Waals surface area (Å²) in [5.41, 5.74) is 0.408. The molecule has 1 aromatic rings. The number of aromatic nitrogens is 1. The highest BCUT2D eigenvalue weighted by molar-refractivity contribution is 5.95. The van der Waals surface area contributed by atoms with Gasteiger partial charge in [0.2, 0.25) is 0 Å². The number of hydrogen-bond acceptors (Lipinski definition) is 4.